The summed E-state index contributed by atoms with van der Waals surface area (Å²) in [5.41, 5.74) is 3.20. The lowest BCUT2D eigenvalue weighted by Crippen LogP contribution is -2.25. The number of ether oxygens (including phenoxy) is 1. The van der Waals surface area contributed by atoms with Crippen LogP contribution in [0, 0.1) is 0 Å². The number of aromatic nitrogens is 2. The molecular formula is C14H19N3OS2. The van der Waals surface area contributed by atoms with E-state index in [9.17, 15) is 0 Å². The standard InChI is InChI=1S/C14H19N3OS2/c1-18-7-6-16-13(12-8-15-9-19-12)14-17-10-4-2-3-5-11(10)20-14/h8-9,13,16H,2-7H2,1H3. The molecule has 0 saturated heterocycles. The maximum absolute atomic E-state index is 5.14. The topological polar surface area (TPSA) is 47.0 Å². The van der Waals surface area contributed by atoms with E-state index in [1.165, 1.54) is 39.7 Å². The summed E-state index contributed by atoms with van der Waals surface area (Å²) in [6.07, 6.45) is 6.85. The van der Waals surface area contributed by atoms with Gasteiger partial charge in [-0.05, 0) is 25.7 Å². The van der Waals surface area contributed by atoms with Gasteiger partial charge in [-0.15, -0.1) is 22.7 Å². The van der Waals surface area contributed by atoms with Gasteiger partial charge < -0.3 is 10.1 Å². The Morgan fingerprint density at radius 3 is 3.05 bits per heavy atom. The normalized spacial score (nSPS) is 16.1. The Morgan fingerprint density at radius 1 is 1.40 bits per heavy atom. The second-order valence-electron chi connectivity index (χ2n) is 4.91. The van der Waals surface area contributed by atoms with E-state index in [1.807, 2.05) is 23.0 Å². The van der Waals surface area contributed by atoms with Crippen molar-refractivity contribution in [2.45, 2.75) is 31.7 Å². The number of thiazole rings is 2. The van der Waals surface area contributed by atoms with Crippen molar-refractivity contribution in [1.82, 2.24) is 15.3 Å². The zero-order chi connectivity index (χ0) is 13.8. The lowest BCUT2D eigenvalue weighted by atomic mass is 10.0. The van der Waals surface area contributed by atoms with Crippen molar-refractivity contribution < 1.29 is 4.74 Å². The first-order chi connectivity index (χ1) is 9.88. The van der Waals surface area contributed by atoms with Crippen LogP contribution in [0.1, 0.15) is 39.3 Å². The number of hydrogen-bond acceptors (Lipinski definition) is 6. The fourth-order valence-corrected chi connectivity index (χ4v) is 4.50. The maximum atomic E-state index is 5.14. The molecule has 0 saturated carbocycles. The van der Waals surface area contributed by atoms with Gasteiger partial charge in [-0.3, -0.25) is 4.98 Å². The Hall–Kier alpha value is -0.820. The van der Waals surface area contributed by atoms with Gasteiger partial charge in [0.1, 0.15) is 5.01 Å². The van der Waals surface area contributed by atoms with Crippen LogP contribution in [0.3, 0.4) is 0 Å². The molecule has 108 valence electrons. The highest BCUT2D eigenvalue weighted by Crippen LogP contribution is 2.33. The molecule has 1 N–H and O–H groups in total. The monoisotopic (exact) mass is 309 g/mol. The molecule has 1 aliphatic rings. The molecule has 0 fully saturated rings. The fraction of sp³-hybridized carbons (Fsp3) is 0.571. The molecule has 20 heavy (non-hydrogen) atoms. The lowest BCUT2D eigenvalue weighted by Gasteiger charge is -2.14. The van der Waals surface area contributed by atoms with Crippen LogP contribution in [0.25, 0.3) is 0 Å². The van der Waals surface area contributed by atoms with E-state index in [4.69, 9.17) is 9.72 Å². The summed E-state index contributed by atoms with van der Waals surface area (Å²) in [5.74, 6) is 0. The first kappa shape index (κ1) is 14.1. The summed E-state index contributed by atoms with van der Waals surface area (Å²) >= 11 is 3.55. The molecule has 0 amide bonds. The smallest absolute Gasteiger partial charge is 0.116 e. The molecule has 4 nitrogen and oxygen atoms in total. The molecule has 0 radical (unpaired) electrons. The minimum Gasteiger partial charge on any atom is -0.383 e. The summed E-state index contributed by atoms with van der Waals surface area (Å²) in [5, 5.41) is 4.72. The van der Waals surface area contributed by atoms with E-state index < -0.39 is 0 Å². The highest BCUT2D eigenvalue weighted by Gasteiger charge is 2.22. The van der Waals surface area contributed by atoms with Crippen molar-refractivity contribution in [2.24, 2.45) is 0 Å². The molecule has 2 heterocycles. The van der Waals surface area contributed by atoms with Gasteiger partial charge in [0.25, 0.3) is 0 Å². The van der Waals surface area contributed by atoms with Gasteiger partial charge in [0.05, 0.1) is 23.9 Å². The van der Waals surface area contributed by atoms with Crippen LogP contribution in [-0.2, 0) is 17.6 Å². The van der Waals surface area contributed by atoms with E-state index in [1.54, 1.807) is 18.4 Å². The molecule has 3 rings (SSSR count). The van der Waals surface area contributed by atoms with E-state index in [0.717, 1.165) is 13.0 Å². The van der Waals surface area contributed by atoms with E-state index in [-0.39, 0.29) is 6.04 Å². The Balaban J connectivity index is 1.82. The Morgan fingerprint density at radius 2 is 2.30 bits per heavy atom. The van der Waals surface area contributed by atoms with Crippen LogP contribution in [0.5, 0.6) is 0 Å². The van der Waals surface area contributed by atoms with Crippen LogP contribution in [0.4, 0.5) is 0 Å². The predicted molar refractivity (Wildman–Crippen MR) is 82.6 cm³/mol. The van der Waals surface area contributed by atoms with Gasteiger partial charge in [-0.1, -0.05) is 0 Å². The Labute approximate surface area is 127 Å². The number of methoxy groups -OCH3 is 1. The van der Waals surface area contributed by atoms with Crippen molar-refractivity contribution in [2.75, 3.05) is 20.3 Å². The molecule has 0 aromatic carbocycles. The Kier molecular flexibility index (Phi) is 4.77. The minimum absolute atomic E-state index is 0.160. The number of rotatable bonds is 6. The van der Waals surface area contributed by atoms with Crippen molar-refractivity contribution in [1.29, 1.82) is 0 Å². The van der Waals surface area contributed by atoms with Crippen LogP contribution in [0.15, 0.2) is 11.7 Å². The first-order valence-corrected chi connectivity index (χ1v) is 8.67. The van der Waals surface area contributed by atoms with Crippen molar-refractivity contribution in [3.05, 3.63) is 32.2 Å². The van der Waals surface area contributed by atoms with Crippen LogP contribution >= 0.6 is 22.7 Å². The summed E-state index contributed by atoms with van der Waals surface area (Å²) in [6.45, 7) is 1.53. The minimum atomic E-state index is 0.160. The SMILES string of the molecule is COCCNC(c1cncs1)c1nc2c(s1)CCCC2. The van der Waals surface area contributed by atoms with Crippen molar-refractivity contribution in [3.8, 4) is 0 Å². The molecular weight excluding hydrogens is 290 g/mol. The lowest BCUT2D eigenvalue weighted by molar-refractivity contribution is 0.197. The second-order valence-corrected chi connectivity index (χ2v) is 6.95. The highest BCUT2D eigenvalue weighted by atomic mass is 32.1. The van der Waals surface area contributed by atoms with Gasteiger partial charge >= 0.3 is 0 Å². The third-order valence-electron chi connectivity index (χ3n) is 3.50. The van der Waals surface area contributed by atoms with Crippen LogP contribution in [0.2, 0.25) is 0 Å². The van der Waals surface area contributed by atoms with Gasteiger partial charge in [-0.25, -0.2) is 4.98 Å². The van der Waals surface area contributed by atoms with Crippen molar-refractivity contribution in [3.63, 3.8) is 0 Å². The molecule has 0 spiro atoms. The molecule has 0 bridgehead atoms. The fourth-order valence-electron chi connectivity index (χ4n) is 2.48. The maximum Gasteiger partial charge on any atom is 0.116 e. The van der Waals surface area contributed by atoms with Crippen molar-refractivity contribution >= 4 is 22.7 Å². The van der Waals surface area contributed by atoms with Gasteiger partial charge in [0.15, 0.2) is 0 Å². The molecule has 0 aliphatic heterocycles. The summed E-state index contributed by atoms with van der Waals surface area (Å²) in [6, 6.07) is 0.160. The van der Waals surface area contributed by atoms with E-state index >= 15 is 0 Å². The van der Waals surface area contributed by atoms with Gasteiger partial charge in [-0.2, -0.15) is 0 Å². The largest absolute Gasteiger partial charge is 0.383 e. The third-order valence-corrected chi connectivity index (χ3v) is 5.56. The Bertz CT molecular complexity index is 515. The van der Waals surface area contributed by atoms with E-state index in [0.29, 0.717) is 6.61 Å². The second kappa shape index (κ2) is 6.76. The predicted octanol–water partition coefficient (Wildman–Crippen LogP) is 2.80. The number of hydrogen-bond donors (Lipinski definition) is 1. The average molecular weight is 309 g/mol. The molecule has 2 aromatic rings. The van der Waals surface area contributed by atoms with Gasteiger partial charge in [0, 0.05) is 29.6 Å². The first-order valence-electron chi connectivity index (χ1n) is 6.97. The molecule has 1 atom stereocenters. The zero-order valence-corrected chi connectivity index (χ0v) is 13.2. The van der Waals surface area contributed by atoms with Crippen LogP contribution < -0.4 is 5.32 Å². The van der Waals surface area contributed by atoms with E-state index in [2.05, 4.69) is 10.3 Å². The number of nitrogens with zero attached hydrogens (tertiary/aromatic N) is 2. The third kappa shape index (κ3) is 3.09. The number of fused-ring (bicyclic) bond motifs is 1. The number of aryl methyl sites for hydroxylation is 2. The molecule has 6 heteroatoms. The zero-order valence-electron chi connectivity index (χ0n) is 11.6. The van der Waals surface area contributed by atoms with Gasteiger partial charge in [0.2, 0.25) is 0 Å². The number of nitrogens with one attached hydrogen (secondary N) is 1. The average Bonchev–Trinajstić information content (AvgIpc) is 3.12. The molecule has 1 unspecified atom stereocenters. The summed E-state index contributed by atoms with van der Waals surface area (Å²) in [7, 11) is 1.73. The molecule has 2 aromatic heterocycles. The van der Waals surface area contributed by atoms with Crippen LogP contribution in [-0.4, -0.2) is 30.2 Å². The molecule has 1 aliphatic carbocycles. The quantitative estimate of drug-likeness (QED) is 0.834. The highest BCUT2D eigenvalue weighted by molar-refractivity contribution is 7.12. The summed E-state index contributed by atoms with van der Waals surface area (Å²) in [4.78, 5) is 11.8. The summed E-state index contributed by atoms with van der Waals surface area (Å²) < 4.78 is 5.14.